The van der Waals surface area contributed by atoms with E-state index in [1.54, 1.807) is 11.3 Å². The molecule has 1 saturated carbocycles. The summed E-state index contributed by atoms with van der Waals surface area (Å²) in [5.74, 6) is 0.493. The van der Waals surface area contributed by atoms with Crippen LogP contribution in [0, 0.1) is 17.3 Å². The van der Waals surface area contributed by atoms with E-state index in [1.807, 2.05) is 18.2 Å². The first kappa shape index (κ1) is 20.1. The van der Waals surface area contributed by atoms with Gasteiger partial charge >= 0.3 is 5.97 Å². The SMILES string of the molecule is COC(=O)c1c(NC(=O)[C@@H]2C[C@H]2c2ccccc2)sc2c1CC[C@H](C(C)(C)C)C2. The van der Waals surface area contributed by atoms with Gasteiger partial charge in [0, 0.05) is 10.8 Å². The predicted octanol–water partition coefficient (Wildman–Crippen LogP) is 5.43. The first-order chi connectivity index (χ1) is 13.8. The van der Waals surface area contributed by atoms with Gasteiger partial charge in [-0.3, -0.25) is 4.79 Å². The molecule has 2 aliphatic carbocycles. The molecule has 2 aromatic rings. The zero-order chi connectivity index (χ0) is 20.8. The highest BCUT2D eigenvalue weighted by Gasteiger charge is 2.44. The molecule has 0 bridgehead atoms. The fourth-order valence-electron chi connectivity index (χ4n) is 4.49. The van der Waals surface area contributed by atoms with Gasteiger partial charge in [0.2, 0.25) is 5.91 Å². The molecule has 0 radical (unpaired) electrons. The van der Waals surface area contributed by atoms with Crippen LogP contribution >= 0.6 is 11.3 Å². The normalized spacial score (nSPS) is 23.2. The van der Waals surface area contributed by atoms with E-state index in [0.717, 1.165) is 31.2 Å². The molecule has 1 fully saturated rings. The van der Waals surface area contributed by atoms with Crippen LogP contribution in [0.25, 0.3) is 0 Å². The van der Waals surface area contributed by atoms with Crippen LogP contribution in [-0.4, -0.2) is 19.0 Å². The Morgan fingerprint density at radius 3 is 2.55 bits per heavy atom. The number of amides is 1. The van der Waals surface area contributed by atoms with Crippen molar-refractivity contribution < 1.29 is 14.3 Å². The highest BCUT2D eigenvalue weighted by Crippen LogP contribution is 2.49. The van der Waals surface area contributed by atoms with Crippen LogP contribution in [0.3, 0.4) is 0 Å². The molecule has 1 N–H and O–H groups in total. The van der Waals surface area contributed by atoms with E-state index in [1.165, 1.54) is 17.6 Å². The van der Waals surface area contributed by atoms with Crippen molar-refractivity contribution in [1.82, 2.24) is 0 Å². The molecule has 0 unspecified atom stereocenters. The van der Waals surface area contributed by atoms with Crippen molar-refractivity contribution in [2.45, 2.75) is 52.4 Å². The van der Waals surface area contributed by atoms with E-state index in [2.05, 4.69) is 38.2 Å². The fraction of sp³-hybridized carbons (Fsp3) is 0.500. The lowest BCUT2D eigenvalue weighted by molar-refractivity contribution is -0.117. The van der Waals surface area contributed by atoms with Crippen LogP contribution in [0.2, 0.25) is 0 Å². The maximum absolute atomic E-state index is 12.9. The number of fused-ring (bicyclic) bond motifs is 1. The lowest BCUT2D eigenvalue weighted by atomic mass is 9.72. The molecule has 0 spiro atoms. The predicted molar refractivity (Wildman–Crippen MR) is 117 cm³/mol. The van der Waals surface area contributed by atoms with Crippen LogP contribution in [0.5, 0.6) is 0 Å². The molecule has 4 nitrogen and oxygen atoms in total. The summed E-state index contributed by atoms with van der Waals surface area (Å²) < 4.78 is 5.06. The summed E-state index contributed by atoms with van der Waals surface area (Å²) in [5.41, 5.74) is 3.09. The summed E-state index contributed by atoms with van der Waals surface area (Å²) in [6.07, 6.45) is 3.74. The molecule has 1 aromatic heterocycles. The second-order valence-corrected chi connectivity index (χ2v) is 10.5. The van der Waals surface area contributed by atoms with E-state index in [9.17, 15) is 9.59 Å². The summed E-state index contributed by atoms with van der Waals surface area (Å²) >= 11 is 1.56. The molecule has 0 aliphatic heterocycles. The van der Waals surface area contributed by atoms with Gasteiger partial charge in [0.15, 0.2) is 0 Å². The Hall–Kier alpha value is -2.14. The number of esters is 1. The second kappa shape index (κ2) is 7.60. The van der Waals surface area contributed by atoms with Gasteiger partial charge < -0.3 is 10.1 Å². The minimum atomic E-state index is -0.345. The van der Waals surface area contributed by atoms with E-state index < -0.39 is 0 Å². The van der Waals surface area contributed by atoms with Gasteiger partial charge in [-0.1, -0.05) is 51.1 Å². The van der Waals surface area contributed by atoms with E-state index >= 15 is 0 Å². The Balaban J connectivity index is 1.55. The van der Waals surface area contributed by atoms with Crippen molar-refractivity contribution in [3.63, 3.8) is 0 Å². The molecule has 0 saturated heterocycles. The quantitative estimate of drug-likeness (QED) is 0.683. The van der Waals surface area contributed by atoms with Crippen molar-refractivity contribution >= 4 is 28.2 Å². The third kappa shape index (κ3) is 3.97. The molecule has 154 valence electrons. The maximum atomic E-state index is 12.9. The standard InChI is InChI=1S/C24H29NO3S/c1-24(2,3)15-10-11-16-19(12-15)29-22(20(16)23(27)28-4)25-21(26)18-13-17(18)14-8-6-5-7-9-14/h5-9,15,17-18H,10-13H2,1-4H3,(H,25,26)/t15-,17-,18+/m0/s1. The molecular weight excluding hydrogens is 382 g/mol. The zero-order valence-corrected chi connectivity index (χ0v) is 18.4. The molecule has 29 heavy (non-hydrogen) atoms. The van der Waals surface area contributed by atoms with Crippen molar-refractivity contribution in [1.29, 1.82) is 0 Å². The number of methoxy groups -OCH3 is 1. The first-order valence-corrected chi connectivity index (χ1v) is 11.2. The lowest BCUT2D eigenvalue weighted by Gasteiger charge is -2.33. The molecular formula is C24H29NO3S. The minimum Gasteiger partial charge on any atom is -0.465 e. The van der Waals surface area contributed by atoms with Gasteiger partial charge in [-0.25, -0.2) is 4.79 Å². The highest BCUT2D eigenvalue weighted by molar-refractivity contribution is 7.17. The number of anilines is 1. The highest BCUT2D eigenvalue weighted by atomic mass is 32.1. The molecule has 1 aromatic carbocycles. The lowest BCUT2D eigenvalue weighted by Crippen LogP contribution is -2.26. The van der Waals surface area contributed by atoms with Crippen molar-refractivity contribution in [3.8, 4) is 0 Å². The molecule has 5 heteroatoms. The molecule has 4 rings (SSSR count). The monoisotopic (exact) mass is 411 g/mol. The van der Waals surface area contributed by atoms with Gasteiger partial charge in [-0.2, -0.15) is 0 Å². The molecule has 1 heterocycles. The number of carbonyl (C=O) groups is 2. The number of hydrogen-bond acceptors (Lipinski definition) is 4. The van der Waals surface area contributed by atoms with Crippen LogP contribution in [0.4, 0.5) is 5.00 Å². The second-order valence-electron chi connectivity index (χ2n) is 9.35. The van der Waals surface area contributed by atoms with Gasteiger partial charge in [0.1, 0.15) is 5.00 Å². The van der Waals surface area contributed by atoms with E-state index in [4.69, 9.17) is 4.74 Å². The molecule has 2 aliphatic rings. The molecule has 3 atom stereocenters. The Bertz CT molecular complexity index is 926. The van der Waals surface area contributed by atoms with Crippen LogP contribution in [0.15, 0.2) is 30.3 Å². The Morgan fingerprint density at radius 1 is 1.17 bits per heavy atom. The average molecular weight is 412 g/mol. The van der Waals surface area contributed by atoms with Crippen molar-refractivity contribution in [3.05, 3.63) is 51.9 Å². The number of benzene rings is 1. The third-order valence-electron chi connectivity index (χ3n) is 6.47. The van der Waals surface area contributed by atoms with E-state index in [0.29, 0.717) is 16.5 Å². The number of rotatable bonds is 4. The number of ether oxygens (including phenoxy) is 1. The van der Waals surface area contributed by atoms with Gasteiger partial charge in [-0.15, -0.1) is 11.3 Å². The summed E-state index contributed by atoms with van der Waals surface area (Å²) in [4.78, 5) is 26.7. The molecule has 1 amide bonds. The minimum absolute atomic E-state index is 0.00924. The fourth-order valence-corrected chi connectivity index (χ4v) is 5.81. The summed E-state index contributed by atoms with van der Waals surface area (Å²) in [6, 6.07) is 10.2. The largest absolute Gasteiger partial charge is 0.465 e. The Labute approximate surface area is 176 Å². The first-order valence-electron chi connectivity index (χ1n) is 10.4. The number of nitrogens with one attached hydrogen (secondary N) is 1. The topological polar surface area (TPSA) is 55.4 Å². The summed E-state index contributed by atoms with van der Waals surface area (Å²) in [7, 11) is 1.41. The van der Waals surface area contributed by atoms with Crippen LogP contribution in [0.1, 0.15) is 65.9 Å². The Morgan fingerprint density at radius 2 is 1.90 bits per heavy atom. The number of hydrogen-bond donors (Lipinski definition) is 1. The van der Waals surface area contributed by atoms with Crippen LogP contribution in [-0.2, 0) is 22.4 Å². The Kier molecular flexibility index (Phi) is 5.28. The van der Waals surface area contributed by atoms with Crippen LogP contribution < -0.4 is 5.32 Å². The van der Waals surface area contributed by atoms with Gasteiger partial charge in [-0.05, 0) is 54.1 Å². The van der Waals surface area contributed by atoms with Crippen molar-refractivity contribution in [2.24, 2.45) is 17.3 Å². The average Bonchev–Trinajstić information content (AvgIpc) is 3.42. The van der Waals surface area contributed by atoms with Crippen molar-refractivity contribution in [2.75, 3.05) is 12.4 Å². The van der Waals surface area contributed by atoms with Gasteiger partial charge in [0.05, 0.1) is 12.7 Å². The maximum Gasteiger partial charge on any atom is 0.341 e. The zero-order valence-electron chi connectivity index (χ0n) is 17.6. The van der Waals surface area contributed by atoms with E-state index in [-0.39, 0.29) is 29.1 Å². The number of carbonyl (C=O) groups excluding carboxylic acids is 2. The summed E-state index contributed by atoms with van der Waals surface area (Å²) in [6.45, 7) is 6.82. The van der Waals surface area contributed by atoms with Gasteiger partial charge in [0.25, 0.3) is 0 Å². The third-order valence-corrected chi connectivity index (χ3v) is 7.64. The smallest absolute Gasteiger partial charge is 0.341 e. The number of thiophene rings is 1. The summed E-state index contributed by atoms with van der Waals surface area (Å²) in [5, 5.41) is 3.74.